The van der Waals surface area contributed by atoms with Crippen molar-refractivity contribution in [3.05, 3.63) is 12.2 Å². The molecule has 0 fully saturated rings. The average Bonchev–Trinajstić information content (AvgIpc) is 2.58. The third-order valence-corrected chi connectivity index (χ3v) is 4.37. The summed E-state index contributed by atoms with van der Waals surface area (Å²) in [6.45, 7) is 3.64. The highest BCUT2D eigenvalue weighted by Crippen LogP contribution is 2.09. The molecule has 0 saturated heterocycles. The van der Waals surface area contributed by atoms with E-state index in [-0.39, 0.29) is 5.91 Å². The zero-order valence-corrected chi connectivity index (χ0v) is 16.2. The van der Waals surface area contributed by atoms with Gasteiger partial charge in [0.2, 0.25) is 5.91 Å². The number of amides is 1. The van der Waals surface area contributed by atoms with E-state index in [2.05, 4.69) is 24.4 Å². The van der Waals surface area contributed by atoms with Gasteiger partial charge in [-0.1, -0.05) is 70.4 Å². The monoisotopic (exact) mass is 338 g/mol. The molecule has 3 N–H and O–H groups in total. The van der Waals surface area contributed by atoms with Crippen LogP contribution in [0.15, 0.2) is 12.2 Å². The molecule has 0 saturated carbocycles. The van der Waals surface area contributed by atoms with Crippen molar-refractivity contribution in [3.8, 4) is 0 Å². The minimum Gasteiger partial charge on any atom is -0.356 e. The lowest BCUT2D eigenvalue weighted by molar-refractivity contribution is -0.121. The Morgan fingerprint density at radius 2 is 1.33 bits per heavy atom. The standard InChI is InChI=1S/C21H42N2O/c1-2-3-4-5-6-7-8-9-10-11-12-13-14-15-16-18-21(24)23-20-17-19-22/h9-10H,2-8,11-20,22H2,1H3,(H,23,24)/b10-9-. The van der Waals surface area contributed by atoms with Gasteiger partial charge in [0.25, 0.3) is 0 Å². The lowest BCUT2D eigenvalue weighted by Crippen LogP contribution is -2.25. The van der Waals surface area contributed by atoms with Crippen LogP contribution in [0.2, 0.25) is 0 Å². The summed E-state index contributed by atoms with van der Waals surface area (Å²) in [5, 5.41) is 2.91. The Morgan fingerprint density at radius 3 is 1.92 bits per heavy atom. The maximum absolute atomic E-state index is 11.5. The predicted molar refractivity (Wildman–Crippen MR) is 106 cm³/mol. The number of rotatable bonds is 18. The average molecular weight is 339 g/mol. The van der Waals surface area contributed by atoms with Crippen LogP contribution in [0.3, 0.4) is 0 Å². The first-order chi connectivity index (χ1) is 11.8. The number of carbonyl (C=O) groups excluding carboxylic acids is 1. The minimum atomic E-state index is 0.182. The van der Waals surface area contributed by atoms with Crippen LogP contribution in [0.1, 0.15) is 103 Å². The van der Waals surface area contributed by atoms with Crippen LogP contribution in [0.5, 0.6) is 0 Å². The van der Waals surface area contributed by atoms with E-state index in [9.17, 15) is 4.79 Å². The number of nitrogens with two attached hydrogens (primary N) is 1. The van der Waals surface area contributed by atoms with Gasteiger partial charge in [0.05, 0.1) is 0 Å². The van der Waals surface area contributed by atoms with Gasteiger partial charge in [0.15, 0.2) is 0 Å². The van der Waals surface area contributed by atoms with Gasteiger partial charge in [0.1, 0.15) is 0 Å². The van der Waals surface area contributed by atoms with Gasteiger partial charge in [0, 0.05) is 13.0 Å². The Balaban J connectivity index is 3.16. The molecule has 0 aliphatic carbocycles. The number of allylic oxidation sites excluding steroid dienone is 2. The second kappa shape index (κ2) is 20.2. The predicted octanol–water partition coefficient (Wildman–Crippen LogP) is 5.49. The zero-order chi connectivity index (χ0) is 17.7. The topological polar surface area (TPSA) is 55.1 Å². The van der Waals surface area contributed by atoms with E-state index < -0.39 is 0 Å². The lowest BCUT2D eigenvalue weighted by Gasteiger charge is -2.04. The van der Waals surface area contributed by atoms with Crippen LogP contribution in [0.25, 0.3) is 0 Å². The number of hydrogen-bond donors (Lipinski definition) is 2. The fraction of sp³-hybridized carbons (Fsp3) is 0.857. The molecule has 3 nitrogen and oxygen atoms in total. The van der Waals surface area contributed by atoms with Crippen LogP contribution in [0, 0.1) is 0 Å². The van der Waals surface area contributed by atoms with E-state index in [0.717, 1.165) is 19.4 Å². The summed E-state index contributed by atoms with van der Waals surface area (Å²) < 4.78 is 0. The van der Waals surface area contributed by atoms with E-state index in [1.54, 1.807) is 0 Å². The third kappa shape index (κ3) is 19.2. The normalized spacial score (nSPS) is 11.2. The molecule has 0 spiro atoms. The molecule has 0 aromatic heterocycles. The van der Waals surface area contributed by atoms with Gasteiger partial charge < -0.3 is 11.1 Å². The zero-order valence-electron chi connectivity index (χ0n) is 16.2. The van der Waals surface area contributed by atoms with E-state index in [0.29, 0.717) is 13.0 Å². The van der Waals surface area contributed by atoms with Gasteiger partial charge >= 0.3 is 0 Å². The fourth-order valence-electron chi connectivity index (χ4n) is 2.77. The quantitative estimate of drug-likeness (QED) is 0.256. The van der Waals surface area contributed by atoms with Crippen LogP contribution < -0.4 is 11.1 Å². The van der Waals surface area contributed by atoms with E-state index in [1.165, 1.54) is 77.0 Å². The summed E-state index contributed by atoms with van der Waals surface area (Å²) in [6.07, 6.45) is 23.1. The minimum absolute atomic E-state index is 0.182. The Morgan fingerprint density at radius 1 is 0.792 bits per heavy atom. The molecule has 0 aromatic rings. The molecule has 0 aliphatic heterocycles. The Hall–Kier alpha value is -0.830. The molecule has 3 heteroatoms. The number of carbonyl (C=O) groups is 1. The lowest BCUT2D eigenvalue weighted by atomic mass is 10.1. The molecule has 0 aliphatic rings. The van der Waals surface area contributed by atoms with E-state index in [4.69, 9.17) is 5.73 Å². The van der Waals surface area contributed by atoms with E-state index >= 15 is 0 Å². The summed E-state index contributed by atoms with van der Waals surface area (Å²) in [6, 6.07) is 0. The van der Waals surface area contributed by atoms with Crippen LogP contribution >= 0.6 is 0 Å². The van der Waals surface area contributed by atoms with Crippen LogP contribution in [-0.4, -0.2) is 19.0 Å². The van der Waals surface area contributed by atoms with Crippen molar-refractivity contribution in [1.82, 2.24) is 5.32 Å². The summed E-state index contributed by atoms with van der Waals surface area (Å²) in [7, 11) is 0. The second-order valence-corrected chi connectivity index (χ2v) is 6.83. The van der Waals surface area contributed by atoms with Crippen molar-refractivity contribution in [3.63, 3.8) is 0 Å². The van der Waals surface area contributed by atoms with E-state index in [1.807, 2.05) is 0 Å². The molecular weight excluding hydrogens is 296 g/mol. The van der Waals surface area contributed by atoms with Gasteiger partial charge in [-0.25, -0.2) is 0 Å². The number of unbranched alkanes of at least 4 members (excludes halogenated alkanes) is 11. The molecule has 24 heavy (non-hydrogen) atoms. The Bertz CT molecular complexity index is 290. The number of hydrogen-bond acceptors (Lipinski definition) is 2. The smallest absolute Gasteiger partial charge is 0.219 e. The Labute approximate surface area is 150 Å². The molecule has 0 unspecified atom stereocenters. The summed E-state index contributed by atoms with van der Waals surface area (Å²) >= 11 is 0. The highest BCUT2D eigenvalue weighted by molar-refractivity contribution is 5.75. The summed E-state index contributed by atoms with van der Waals surface area (Å²) in [4.78, 5) is 11.5. The molecule has 142 valence electrons. The second-order valence-electron chi connectivity index (χ2n) is 6.83. The van der Waals surface area contributed by atoms with Crippen LogP contribution in [-0.2, 0) is 4.79 Å². The first-order valence-electron chi connectivity index (χ1n) is 10.4. The molecule has 0 aromatic carbocycles. The largest absolute Gasteiger partial charge is 0.356 e. The Kier molecular flexibility index (Phi) is 19.5. The molecular formula is C21H42N2O. The summed E-state index contributed by atoms with van der Waals surface area (Å²) in [5.74, 6) is 0.182. The first-order valence-corrected chi connectivity index (χ1v) is 10.4. The fourth-order valence-corrected chi connectivity index (χ4v) is 2.77. The van der Waals surface area contributed by atoms with Gasteiger partial charge in [-0.15, -0.1) is 0 Å². The number of nitrogens with one attached hydrogen (secondary N) is 1. The van der Waals surface area contributed by atoms with Gasteiger partial charge in [-0.3, -0.25) is 4.79 Å². The van der Waals surface area contributed by atoms with Crippen molar-refractivity contribution in [1.29, 1.82) is 0 Å². The van der Waals surface area contributed by atoms with Gasteiger partial charge in [-0.05, 0) is 45.1 Å². The highest BCUT2D eigenvalue weighted by Gasteiger charge is 1.99. The van der Waals surface area contributed by atoms with Crippen molar-refractivity contribution in [2.24, 2.45) is 5.73 Å². The molecule has 0 atom stereocenters. The van der Waals surface area contributed by atoms with Crippen molar-refractivity contribution in [2.45, 2.75) is 103 Å². The maximum Gasteiger partial charge on any atom is 0.219 e. The van der Waals surface area contributed by atoms with Gasteiger partial charge in [-0.2, -0.15) is 0 Å². The molecule has 1 amide bonds. The van der Waals surface area contributed by atoms with Crippen molar-refractivity contribution >= 4 is 5.91 Å². The molecule has 0 bridgehead atoms. The van der Waals surface area contributed by atoms with Crippen LogP contribution in [0.4, 0.5) is 0 Å². The summed E-state index contributed by atoms with van der Waals surface area (Å²) in [5.41, 5.74) is 5.39. The molecule has 0 heterocycles. The molecule has 0 radical (unpaired) electrons. The van der Waals surface area contributed by atoms with Crippen molar-refractivity contribution < 1.29 is 4.79 Å². The SMILES string of the molecule is CCCCCCCC/C=C\CCCCCCCC(=O)NCCCN. The first kappa shape index (κ1) is 23.2. The van der Waals surface area contributed by atoms with Crippen molar-refractivity contribution in [2.75, 3.05) is 13.1 Å². The maximum atomic E-state index is 11.5. The highest BCUT2D eigenvalue weighted by atomic mass is 16.1. The third-order valence-electron chi connectivity index (χ3n) is 4.37. The molecule has 0 rings (SSSR count).